The van der Waals surface area contributed by atoms with Crippen molar-refractivity contribution >= 4 is 0 Å². The molecule has 0 N–H and O–H groups in total. The first-order valence-electron chi connectivity index (χ1n) is 32.4. The molecule has 1 aliphatic carbocycles. The van der Waals surface area contributed by atoms with E-state index in [4.69, 9.17) is 114 Å². The molecule has 24 nitrogen and oxygen atoms in total. The van der Waals surface area contributed by atoms with E-state index in [1.807, 2.05) is 0 Å². The average molecular weight is 1280 g/mol. The maximum atomic E-state index is 6.34. The van der Waals surface area contributed by atoms with Crippen molar-refractivity contribution in [1.82, 2.24) is 0 Å². The summed E-state index contributed by atoms with van der Waals surface area (Å²) < 4.78 is 135. The summed E-state index contributed by atoms with van der Waals surface area (Å²) in [6.07, 6.45) is 2.03. The van der Waals surface area contributed by atoms with Crippen LogP contribution in [-0.2, 0) is 119 Å². The molecule has 0 aromatic heterocycles. The van der Waals surface area contributed by atoms with E-state index in [-0.39, 0.29) is 0 Å². The predicted octanol–water partition coefficient (Wildman–Crippen LogP) is 5.17. The molecule has 0 radical (unpaired) electrons. The van der Waals surface area contributed by atoms with Crippen LogP contribution in [0.15, 0.2) is 48.5 Å². The second-order valence-electron chi connectivity index (χ2n) is 19.8. The molecule has 0 aliphatic heterocycles. The molecule has 1 aliphatic rings. The second-order valence-corrected chi connectivity index (χ2v) is 19.8. The number of benzene rings is 2. The number of hydrogen-bond donors (Lipinski definition) is 0. The zero-order valence-corrected chi connectivity index (χ0v) is 54.3. The van der Waals surface area contributed by atoms with E-state index in [1.165, 1.54) is 22.3 Å². The molecule has 0 atom stereocenters. The Morgan fingerprint density at radius 3 is 0.472 bits per heavy atom. The fourth-order valence-electron chi connectivity index (χ4n) is 8.39. The van der Waals surface area contributed by atoms with Crippen molar-refractivity contribution in [1.29, 1.82) is 0 Å². The standard InChI is InChI=1S/C65H114O24/c1-3-13-66-15-17-68-19-21-70-23-25-72-27-29-74-31-33-76-35-37-78-39-41-80-43-45-82-47-49-84-51-53-86-55-57-88-59-65(63-11-7-5-9-61(63)62-10-6-8-12-64(62)65)60-89-58-56-87-54-52-85-50-48-83-46-44-81-42-40-79-38-36-77-34-32-75-30-28-73-26-24-71-22-20-69-18-16-67-14-4-2/h5-12H,3-4,13-60H2,1-2H3. The number of ether oxygens (including phenoxy) is 24. The molecule has 0 spiro atoms. The Labute approximate surface area is 532 Å². The van der Waals surface area contributed by atoms with Gasteiger partial charge >= 0.3 is 0 Å². The van der Waals surface area contributed by atoms with Gasteiger partial charge in [-0.2, -0.15) is 0 Å². The van der Waals surface area contributed by atoms with Gasteiger partial charge in [0.2, 0.25) is 0 Å². The Morgan fingerprint density at radius 2 is 0.315 bits per heavy atom. The van der Waals surface area contributed by atoms with E-state index >= 15 is 0 Å². The lowest BCUT2D eigenvalue weighted by Crippen LogP contribution is -2.37. The topological polar surface area (TPSA) is 222 Å². The van der Waals surface area contributed by atoms with Gasteiger partial charge in [0.05, 0.1) is 309 Å². The molecule has 0 fully saturated rings. The van der Waals surface area contributed by atoms with Crippen molar-refractivity contribution in [3.8, 4) is 11.1 Å². The minimum absolute atomic E-state index is 0.435. The van der Waals surface area contributed by atoms with Crippen molar-refractivity contribution in [3.63, 3.8) is 0 Å². The van der Waals surface area contributed by atoms with Crippen molar-refractivity contribution < 1.29 is 114 Å². The molecule has 0 heterocycles. The van der Waals surface area contributed by atoms with E-state index in [1.54, 1.807) is 0 Å². The molecule has 0 saturated carbocycles. The summed E-state index contributed by atoms with van der Waals surface area (Å²) in [6.45, 7) is 28.6. The third kappa shape index (κ3) is 46.3. The summed E-state index contributed by atoms with van der Waals surface area (Å²) in [6, 6.07) is 17.0. The third-order valence-electron chi connectivity index (χ3n) is 12.8. The average Bonchev–Trinajstić information content (AvgIpc) is 1.60. The summed E-state index contributed by atoms with van der Waals surface area (Å²) >= 11 is 0. The molecule has 518 valence electrons. The molecular formula is C65H114O24. The highest BCUT2D eigenvalue weighted by Gasteiger charge is 2.43. The van der Waals surface area contributed by atoms with Crippen LogP contribution in [0.4, 0.5) is 0 Å². The highest BCUT2D eigenvalue weighted by molar-refractivity contribution is 5.81. The molecule has 89 heavy (non-hydrogen) atoms. The minimum Gasteiger partial charge on any atom is -0.379 e. The van der Waals surface area contributed by atoms with Crippen LogP contribution < -0.4 is 0 Å². The van der Waals surface area contributed by atoms with Crippen LogP contribution in [0.3, 0.4) is 0 Å². The van der Waals surface area contributed by atoms with Gasteiger partial charge in [-0.25, -0.2) is 0 Å². The normalized spacial score (nSPS) is 12.7. The molecule has 3 rings (SSSR count). The number of rotatable bonds is 74. The van der Waals surface area contributed by atoms with Gasteiger partial charge in [0.15, 0.2) is 0 Å². The largest absolute Gasteiger partial charge is 0.379 e. The first kappa shape index (κ1) is 80.7. The molecule has 0 amide bonds. The van der Waals surface area contributed by atoms with Gasteiger partial charge < -0.3 is 114 Å². The maximum Gasteiger partial charge on any atom is 0.0701 e. The second kappa shape index (κ2) is 64.2. The van der Waals surface area contributed by atoms with Crippen molar-refractivity contribution in [3.05, 3.63) is 59.7 Å². The van der Waals surface area contributed by atoms with Gasteiger partial charge in [0.1, 0.15) is 0 Å². The summed E-state index contributed by atoms with van der Waals surface area (Å²) in [5, 5.41) is 0. The van der Waals surface area contributed by atoms with Crippen LogP contribution in [0.5, 0.6) is 0 Å². The predicted molar refractivity (Wildman–Crippen MR) is 333 cm³/mol. The third-order valence-corrected chi connectivity index (χ3v) is 12.8. The smallest absolute Gasteiger partial charge is 0.0701 e. The van der Waals surface area contributed by atoms with E-state index in [0.717, 1.165) is 26.1 Å². The van der Waals surface area contributed by atoms with Gasteiger partial charge in [-0.3, -0.25) is 0 Å². The van der Waals surface area contributed by atoms with Gasteiger partial charge in [-0.1, -0.05) is 62.4 Å². The van der Waals surface area contributed by atoms with Crippen LogP contribution in [0, 0.1) is 0 Å². The highest BCUT2D eigenvalue weighted by atomic mass is 16.6. The SMILES string of the molecule is CCCOCCOCCOCCOCCOCCOCCOCCOCCOCCOCCOCCOCC1(COCCOCCOCCOCCOCCOCCOCCOCCOCCOCCOCCOCCC)c2ccccc2-c2ccccc21. The monoisotopic (exact) mass is 1280 g/mol. The highest BCUT2D eigenvalue weighted by Crippen LogP contribution is 2.49. The molecule has 0 saturated heterocycles. The van der Waals surface area contributed by atoms with Crippen LogP contribution in [0.25, 0.3) is 11.1 Å². The lowest BCUT2D eigenvalue weighted by Gasteiger charge is -2.31. The molecule has 24 heteroatoms. The quantitative estimate of drug-likeness (QED) is 0.0780. The van der Waals surface area contributed by atoms with Crippen LogP contribution in [0.2, 0.25) is 0 Å². The minimum atomic E-state index is -0.471. The Balaban J connectivity index is 1.04. The molecule has 2 aromatic rings. The Hall–Kier alpha value is -2.52. The Morgan fingerprint density at radius 1 is 0.180 bits per heavy atom. The lowest BCUT2D eigenvalue weighted by atomic mass is 9.79. The Bertz CT molecular complexity index is 1630. The number of fused-ring (bicyclic) bond motifs is 3. The van der Waals surface area contributed by atoms with Crippen LogP contribution in [-0.4, -0.2) is 317 Å². The maximum absolute atomic E-state index is 6.34. The van der Waals surface area contributed by atoms with Crippen molar-refractivity contribution in [2.75, 3.05) is 317 Å². The zero-order valence-electron chi connectivity index (χ0n) is 54.3. The fraction of sp³-hybridized carbons (Fsp3) is 0.815. The van der Waals surface area contributed by atoms with Crippen molar-refractivity contribution in [2.45, 2.75) is 32.1 Å². The van der Waals surface area contributed by atoms with E-state index in [9.17, 15) is 0 Å². The zero-order chi connectivity index (χ0) is 62.8. The molecule has 2 aromatic carbocycles. The Kier molecular flexibility index (Phi) is 58.2. The van der Waals surface area contributed by atoms with Gasteiger partial charge in [0, 0.05) is 13.2 Å². The fourth-order valence-corrected chi connectivity index (χ4v) is 8.39. The first-order chi connectivity index (χ1) is 44.3. The van der Waals surface area contributed by atoms with Gasteiger partial charge in [-0.05, 0) is 35.1 Å². The van der Waals surface area contributed by atoms with Crippen LogP contribution >= 0.6 is 0 Å². The number of hydrogen-bond acceptors (Lipinski definition) is 24. The summed E-state index contributed by atoms with van der Waals surface area (Å²) in [4.78, 5) is 0. The molecule has 0 unspecified atom stereocenters. The molecular weight excluding hydrogens is 1160 g/mol. The summed E-state index contributed by atoms with van der Waals surface area (Å²) in [5.41, 5.74) is 4.32. The van der Waals surface area contributed by atoms with Crippen LogP contribution in [0.1, 0.15) is 37.8 Å². The first-order valence-corrected chi connectivity index (χ1v) is 32.4. The van der Waals surface area contributed by atoms with E-state index in [0.29, 0.717) is 304 Å². The van der Waals surface area contributed by atoms with E-state index in [2.05, 4.69) is 62.4 Å². The van der Waals surface area contributed by atoms with Crippen molar-refractivity contribution in [2.24, 2.45) is 0 Å². The lowest BCUT2D eigenvalue weighted by molar-refractivity contribution is -0.0322. The van der Waals surface area contributed by atoms with E-state index < -0.39 is 5.41 Å². The molecule has 0 bridgehead atoms. The summed E-state index contributed by atoms with van der Waals surface area (Å²) in [7, 11) is 0. The summed E-state index contributed by atoms with van der Waals surface area (Å²) in [5.74, 6) is 0. The van der Waals surface area contributed by atoms with Gasteiger partial charge in [-0.15, -0.1) is 0 Å². The van der Waals surface area contributed by atoms with Gasteiger partial charge in [0.25, 0.3) is 0 Å².